The van der Waals surface area contributed by atoms with Crippen molar-refractivity contribution in [2.24, 2.45) is 5.92 Å². The van der Waals surface area contributed by atoms with Crippen LogP contribution in [0.3, 0.4) is 0 Å². The zero-order valence-electron chi connectivity index (χ0n) is 8.99. The fraction of sp³-hybridized carbons (Fsp3) is 0.308. The minimum Gasteiger partial charge on any atom is -0.461 e. The Labute approximate surface area is 88.9 Å². The molecule has 0 aromatic rings. The Morgan fingerprint density at radius 3 is 2.73 bits per heavy atom. The van der Waals surface area contributed by atoms with Crippen LogP contribution in [0.1, 0.15) is 19.6 Å². The van der Waals surface area contributed by atoms with E-state index in [-0.39, 0.29) is 5.43 Å². The maximum absolute atomic E-state index is 11.5. The number of fused-ring (bicyclic) bond motifs is 1. The molecule has 1 aliphatic carbocycles. The smallest absolute Gasteiger partial charge is 0.189 e. The summed E-state index contributed by atoms with van der Waals surface area (Å²) in [5.41, 5.74) is 0.678. The van der Waals surface area contributed by atoms with E-state index < -0.39 is 0 Å². The van der Waals surface area contributed by atoms with Gasteiger partial charge in [0, 0.05) is 6.42 Å². The minimum absolute atomic E-state index is 0.0207. The highest BCUT2D eigenvalue weighted by molar-refractivity contribution is 5.57. The lowest BCUT2D eigenvalue weighted by Gasteiger charge is -2.08. The third-order valence-electron chi connectivity index (χ3n) is 2.31. The lowest BCUT2D eigenvalue weighted by molar-refractivity contribution is 0.468. The molecule has 2 rings (SSSR count). The Bertz CT molecular complexity index is 482. The normalized spacial score (nSPS) is 11.1. The highest BCUT2D eigenvalue weighted by Gasteiger charge is 2.08. The van der Waals surface area contributed by atoms with Crippen LogP contribution < -0.4 is 5.43 Å². The molecule has 0 N–H and O–H groups in total. The van der Waals surface area contributed by atoms with Crippen molar-refractivity contribution in [3.8, 4) is 11.3 Å². The molecule has 15 heavy (non-hydrogen) atoms. The van der Waals surface area contributed by atoms with Crippen molar-refractivity contribution in [1.82, 2.24) is 0 Å². The van der Waals surface area contributed by atoms with Crippen LogP contribution in [0.2, 0.25) is 0 Å². The summed E-state index contributed by atoms with van der Waals surface area (Å²) in [6.45, 7) is 4.29. The quantitative estimate of drug-likeness (QED) is 0.749. The van der Waals surface area contributed by atoms with Crippen molar-refractivity contribution in [3.05, 3.63) is 46.3 Å². The summed E-state index contributed by atoms with van der Waals surface area (Å²) in [4.78, 5) is 11.5. The molecule has 1 heterocycles. The van der Waals surface area contributed by atoms with E-state index in [9.17, 15) is 4.79 Å². The number of hydrogen-bond acceptors (Lipinski definition) is 2. The molecule has 0 spiro atoms. The van der Waals surface area contributed by atoms with Crippen molar-refractivity contribution in [3.63, 3.8) is 0 Å². The molecule has 1 aliphatic heterocycles. The van der Waals surface area contributed by atoms with Gasteiger partial charge in [-0.15, -0.1) is 0 Å². The van der Waals surface area contributed by atoms with Gasteiger partial charge in [-0.1, -0.05) is 19.9 Å². The Hall–Kier alpha value is -1.57. The van der Waals surface area contributed by atoms with Gasteiger partial charge in [0.1, 0.15) is 11.5 Å². The van der Waals surface area contributed by atoms with Gasteiger partial charge in [-0.05, 0) is 30.2 Å². The second-order valence-electron chi connectivity index (χ2n) is 4.17. The first-order valence-electron chi connectivity index (χ1n) is 5.18. The van der Waals surface area contributed by atoms with Crippen LogP contribution in [-0.4, -0.2) is 0 Å². The predicted octanol–water partition coefficient (Wildman–Crippen LogP) is 2.94. The zero-order valence-corrected chi connectivity index (χ0v) is 8.99. The van der Waals surface area contributed by atoms with Gasteiger partial charge in [-0.25, -0.2) is 0 Å². The summed E-state index contributed by atoms with van der Waals surface area (Å²) < 4.78 is 5.65. The molecule has 0 aromatic carbocycles. The molecule has 2 aliphatic rings. The van der Waals surface area contributed by atoms with Crippen molar-refractivity contribution in [1.29, 1.82) is 0 Å². The van der Waals surface area contributed by atoms with Crippen LogP contribution in [0.5, 0.6) is 0 Å². The van der Waals surface area contributed by atoms with Gasteiger partial charge >= 0.3 is 0 Å². The van der Waals surface area contributed by atoms with Gasteiger partial charge in [0.2, 0.25) is 0 Å². The summed E-state index contributed by atoms with van der Waals surface area (Å²) in [7, 11) is 0. The summed E-state index contributed by atoms with van der Waals surface area (Å²) in [6, 6.07) is 8.86. The fourth-order valence-corrected chi connectivity index (χ4v) is 1.64. The molecule has 0 bridgehead atoms. The monoisotopic (exact) mass is 202 g/mol. The summed E-state index contributed by atoms with van der Waals surface area (Å²) in [6.07, 6.45) is 0.902. The molecule has 2 nitrogen and oxygen atoms in total. The average molecular weight is 202 g/mol. The van der Waals surface area contributed by atoms with E-state index in [1.165, 1.54) is 0 Å². The topological polar surface area (TPSA) is 30.2 Å². The van der Waals surface area contributed by atoms with Crippen molar-refractivity contribution < 1.29 is 4.42 Å². The van der Waals surface area contributed by atoms with Gasteiger partial charge in [0.05, 0.1) is 5.56 Å². The first kappa shape index (κ1) is 9.97. The maximum atomic E-state index is 11.5. The van der Waals surface area contributed by atoms with E-state index in [1.54, 1.807) is 12.1 Å². The molecule has 0 aromatic heterocycles. The number of rotatable bonds is 2. The standard InChI is InChI=1S/C13H14O2/c1-9(2)8-10-6-7-11-12(14)4-3-5-13(11)15-10/h3-7,9H,8H2,1-2H3. The highest BCUT2D eigenvalue weighted by Crippen LogP contribution is 2.20. The van der Waals surface area contributed by atoms with Crippen LogP contribution in [-0.2, 0) is 6.42 Å². The Morgan fingerprint density at radius 1 is 1.20 bits per heavy atom. The Kier molecular flexibility index (Phi) is 2.58. The molecule has 78 valence electrons. The van der Waals surface area contributed by atoms with Gasteiger partial charge < -0.3 is 4.42 Å². The second kappa shape index (κ2) is 3.89. The van der Waals surface area contributed by atoms with E-state index in [0.29, 0.717) is 17.2 Å². The molecule has 2 heteroatoms. The Balaban J connectivity index is 2.48. The van der Waals surface area contributed by atoms with Crippen LogP contribution in [0, 0.1) is 5.92 Å². The van der Waals surface area contributed by atoms with E-state index >= 15 is 0 Å². The van der Waals surface area contributed by atoms with E-state index in [4.69, 9.17) is 4.42 Å². The first-order valence-corrected chi connectivity index (χ1v) is 5.18. The lowest BCUT2D eigenvalue weighted by Crippen LogP contribution is -2.04. The molecule has 0 atom stereocenters. The molecular formula is C13H14O2. The molecular weight excluding hydrogens is 188 g/mol. The van der Waals surface area contributed by atoms with Gasteiger partial charge in [-0.2, -0.15) is 0 Å². The van der Waals surface area contributed by atoms with Crippen molar-refractivity contribution in [2.45, 2.75) is 20.3 Å². The summed E-state index contributed by atoms with van der Waals surface area (Å²) in [5, 5.41) is 0. The molecule has 0 fully saturated rings. The predicted molar refractivity (Wildman–Crippen MR) is 60.1 cm³/mol. The number of benzene rings is 1. The summed E-state index contributed by atoms with van der Waals surface area (Å²) in [5.74, 6) is 2.17. The SMILES string of the molecule is CC(C)Cc1ccc2c(=O)cccc-2o1. The van der Waals surface area contributed by atoms with Crippen LogP contribution in [0.15, 0.2) is 39.5 Å². The van der Waals surface area contributed by atoms with Crippen LogP contribution in [0.25, 0.3) is 11.3 Å². The lowest BCUT2D eigenvalue weighted by atomic mass is 10.1. The third kappa shape index (κ3) is 2.09. The number of hydrogen-bond donors (Lipinski definition) is 0. The van der Waals surface area contributed by atoms with Crippen LogP contribution >= 0.6 is 0 Å². The van der Waals surface area contributed by atoms with Gasteiger partial charge in [-0.3, -0.25) is 4.79 Å². The van der Waals surface area contributed by atoms with Gasteiger partial charge in [0.25, 0.3) is 0 Å². The van der Waals surface area contributed by atoms with Gasteiger partial charge in [0.15, 0.2) is 5.43 Å². The van der Waals surface area contributed by atoms with Crippen molar-refractivity contribution in [2.75, 3.05) is 0 Å². The van der Waals surface area contributed by atoms with E-state index in [1.807, 2.05) is 18.2 Å². The minimum atomic E-state index is 0.0207. The molecule has 0 saturated carbocycles. The maximum Gasteiger partial charge on any atom is 0.189 e. The largest absolute Gasteiger partial charge is 0.461 e. The van der Waals surface area contributed by atoms with E-state index in [0.717, 1.165) is 12.2 Å². The average Bonchev–Trinajstić information content (AvgIpc) is 2.17. The molecule has 0 unspecified atom stereocenters. The molecule has 0 saturated heterocycles. The summed E-state index contributed by atoms with van der Waals surface area (Å²) >= 11 is 0. The van der Waals surface area contributed by atoms with Crippen molar-refractivity contribution >= 4 is 0 Å². The fourth-order valence-electron chi connectivity index (χ4n) is 1.64. The Morgan fingerprint density at radius 2 is 2.00 bits per heavy atom. The highest BCUT2D eigenvalue weighted by atomic mass is 16.3. The molecule has 0 amide bonds. The first-order chi connectivity index (χ1) is 7.16. The van der Waals surface area contributed by atoms with E-state index in [2.05, 4.69) is 13.8 Å². The third-order valence-corrected chi connectivity index (χ3v) is 2.31. The molecule has 0 radical (unpaired) electrons. The van der Waals surface area contributed by atoms with Crippen LogP contribution in [0.4, 0.5) is 0 Å². The zero-order chi connectivity index (χ0) is 10.8. The second-order valence-corrected chi connectivity index (χ2v) is 4.17.